The number of hydrogen-bond donors (Lipinski definition) is 0. The molecule has 0 saturated carbocycles. The van der Waals surface area contributed by atoms with E-state index in [1.165, 1.54) is 28.2 Å². The minimum absolute atomic E-state index is 0.0140. The van der Waals surface area contributed by atoms with Gasteiger partial charge in [0.1, 0.15) is 23.8 Å². The first-order valence-corrected chi connectivity index (χ1v) is 10.3. The Morgan fingerprint density at radius 3 is 2.76 bits per heavy atom. The number of pyridine rings is 1. The summed E-state index contributed by atoms with van der Waals surface area (Å²) < 4.78 is 30.5. The van der Waals surface area contributed by atoms with Gasteiger partial charge in [-0.05, 0) is 45.0 Å². The molecule has 1 aromatic carbocycles. The molecule has 172 valence electrons. The second-order valence-electron chi connectivity index (χ2n) is 8.47. The normalized spacial score (nSPS) is 15.9. The number of carbonyl (C=O) groups excluding carboxylic acids is 2. The second kappa shape index (κ2) is 8.89. The molecule has 10 heteroatoms. The minimum atomic E-state index is -0.731. The number of cyclic esters (lactones) is 1. The van der Waals surface area contributed by atoms with Gasteiger partial charge in [-0.3, -0.25) is 14.8 Å². The highest BCUT2D eigenvalue weighted by atomic mass is 19.1. The van der Waals surface area contributed by atoms with Crippen LogP contribution in [0.2, 0.25) is 0 Å². The third kappa shape index (κ3) is 5.11. The molecule has 1 aliphatic rings. The first kappa shape index (κ1) is 22.3. The predicted octanol–water partition coefficient (Wildman–Crippen LogP) is 4.64. The van der Waals surface area contributed by atoms with Crippen LogP contribution in [0.1, 0.15) is 20.8 Å². The van der Waals surface area contributed by atoms with E-state index in [1.54, 1.807) is 57.4 Å². The van der Waals surface area contributed by atoms with E-state index < -0.39 is 29.7 Å². The monoisotopic (exact) mass is 454 g/mol. The van der Waals surface area contributed by atoms with Gasteiger partial charge in [-0.1, -0.05) is 11.2 Å². The van der Waals surface area contributed by atoms with E-state index in [2.05, 4.69) is 10.1 Å². The fraction of sp³-hybridized carbons (Fsp3) is 0.304. The number of aromatic nitrogens is 2. The summed E-state index contributed by atoms with van der Waals surface area (Å²) in [6.45, 7) is 5.33. The average Bonchev–Trinajstić information content (AvgIpc) is 3.41. The lowest BCUT2D eigenvalue weighted by molar-refractivity contribution is 0.0556. The van der Waals surface area contributed by atoms with E-state index >= 15 is 0 Å². The number of amides is 2. The second-order valence-corrected chi connectivity index (χ2v) is 8.47. The maximum Gasteiger partial charge on any atom is 0.416 e. The summed E-state index contributed by atoms with van der Waals surface area (Å²) in [4.78, 5) is 31.8. The Bertz CT molecular complexity index is 1130. The third-order valence-corrected chi connectivity index (χ3v) is 4.81. The number of halogens is 1. The number of nitrogens with zero attached hydrogens (tertiary/aromatic N) is 4. The van der Waals surface area contributed by atoms with Crippen molar-refractivity contribution in [2.24, 2.45) is 0 Å². The van der Waals surface area contributed by atoms with Gasteiger partial charge in [-0.25, -0.2) is 14.0 Å². The van der Waals surface area contributed by atoms with Crippen molar-refractivity contribution < 1.29 is 28.0 Å². The van der Waals surface area contributed by atoms with Crippen LogP contribution in [0.25, 0.3) is 11.1 Å². The highest BCUT2D eigenvalue weighted by Crippen LogP contribution is 2.29. The average molecular weight is 454 g/mol. The van der Waals surface area contributed by atoms with Crippen LogP contribution in [0.4, 0.5) is 25.5 Å². The summed E-state index contributed by atoms with van der Waals surface area (Å²) in [7, 11) is 0. The van der Waals surface area contributed by atoms with Gasteiger partial charge in [-0.15, -0.1) is 0 Å². The Morgan fingerprint density at radius 2 is 2.12 bits per heavy atom. The number of rotatable bonds is 5. The van der Waals surface area contributed by atoms with Gasteiger partial charge in [-0.2, -0.15) is 0 Å². The zero-order valence-corrected chi connectivity index (χ0v) is 18.4. The molecule has 1 atom stereocenters. The zero-order valence-electron chi connectivity index (χ0n) is 18.4. The molecule has 1 fully saturated rings. The van der Waals surface area contributed by atoms with Crippen LogP contribution >= 0.6 is 0 Å². The van der Waals surface area contributed by atoms with Gasteiger partial charge < -0.3 is 14.0 Å². The van der Waals surface area contributed by atoms with Gasteiger partial charge in [0.05, 0.1) is 18.8 Å². The molecule has 0 aliphatic carbocycles. The maximum absolute atomic E-state index is 14.8. The van der Waals surface area contributed by atoms with Crippen molar-refractivity contribution in [1.82, 2.24) is 10.1 Å². The van der Waals surface area contributed by atoms with E-state index in [1.807, 2.05) is 0 Å². The Kier molecular flexibility index (Phi) is 5.99. The lowest BCUT2D eigenvalue weighted by Gasteiger charge is -2.26. The minimum Gasteiger partial charge on any atom is -0.443 e. The Morgan fingerprint density at radius 1 is 1.30 bits per heavy atom. The topological polar surface area (TPSA) is 98.0 Å². The van der Waals surface area contributed by atoms with Crippen LogP contribution in [-0.4, -0.2) is 47.1 Å². The molecule has 9 nitrogen and oxygen atoms in total. The molecule has 1 saturated heterocycles. The van der Waals surface area contributed by atoms with Crippen molar-refractivity contribution in [3.63, 3.8) is 0 Å². The maximum atomic E-state index is 14.8. The molecule has 0 bridgehead atoms. The summed E-state index contributed by atoms with van der Waals surface area (Å²) in [5.41, 5.74) is 0.616. The number of hydrogen-bond acceptors (Lipinski definition) is 7. The van der Waals surface area contributed by atoms with Gasteiger partial charge in [0, 0.05) is 29.6 Å². The molecule has 33 heavy (non-hydrogen) atoms. The number of benzene rings is 1. The summed E-state index contributed by atoms with van der Waals surface area (Å²) in [6, 6.07) is 9.47. The first-order valence-electron chi connectivity index (χ1n) is 10.3. The molecule has 1 aliphatic heterocycles. The van der Waals surface area contributed by atoms with Crippen molar-refractivity contribution >= 4 is 23.7 Å². The van der Waals surface area contributed by atoms with Gasteiger partial charge in [0.15, 0.2) is 5.82 Å². The molecule has 0 N–H and O–H groups in total. The van der Waals surface area contributed by atoms with E-state index in [4.69, 9.17) is 14.0 Å². The highest BCUT2D eigenvalue weighted by Gasteiger charge is 2.37. The number of ether oxygens (including phenoxy) is 2. The van der Waals surface area contributed by atoms with Crippen LogP contribution in [0, 0.1) is 5.82 Å². The molecule has 4 rings (SSSR count). The Balaban J connectivity index is 1.50. The van der Waals surface area contributed by atoms with Crippen LogP contribution in [0.15, 0.2) is 59.6 Å². The molecule has 2 aromatic heterocycles. The quantitative estimate of drug-likeness (QED) is 0.554. The number of carbonyl (C=O) groups is 2. The van der Waals surface area contributed by atoms with Crippen LogP contribution in [-0.2, 0) is 9.47 Å². The van der Waals surface area contributed by atoms with Crippen molar-refractivity contribution in [1.29, 1.82) is 0 Å². The fourth-order valence-corrected chi connectivity index (χ4v) is 3.38. The fourth-order valence-electron chi connectivity index (χ4n) is 3.38. The van der Waals surface area contributed by atoms with Crippen LogP contribution < -0.4 is 9.80 Å². The molecular weight excluding hydrogens is 431 g/mol. The molecule has 2 amide bonds. The first-order chi connectivity index (χ1) is 15.7. The molecule has 3 heterocycles. The summed E-state index contributed by atoms with van der Waals surface area (Å²) in [5.74, 6) is -0.264. The van der Waals surface area contributed by atoms with Crippen LogP contribution in [0.5, 0.6) is 0 Å². The Labute approximate surface area is 189 Å². The molecule has 1 unspecified atom stereocenters. The van der Waals surface area contributed by atoms with E-state index in [9.17, 15) is 14.0 Å². The van der Waals surface area contributed by atoms with Gasteiger partial charge >= 0.3 is 12.2 Å². The van der Waals surface area contributed by atoms with Crippen molar-refractivity contribution in [3.05, 3.63) is 60.9 Å². The molecule has 0 spiro atoms. The third-order valence-electron chi connectivity index (χ3n) is 4.81. The standard InChI is InChI=1S/C23H23FN4O5/c1-23(2,3)33-22(30)28(20-8-10-31-26-20)14-17-13-27(21(29)32-17)16-6-7-18(19(24)11-16)15-5-4-9-25-12-15/h4-12,17H,13-14H2,1-3H3. The number of anilines is 2. The van der Waals surface area contributed by atoms with Crippen molar-refractivity contribution in [2.75, 3.05) is 22.9 Å². The largest absolute Gasteiger partial charge is 0.443 e. The lowest BCUT2D eigenvalue weighted by Crippen LogP contribution is -2.42. The highest BCUT2D eigenvalue weighted by molar-refractivity contribution is 5.91. The smallest absolute Gasteiger partial charge is 0.416 e. The molecular formula is C23H23FN4O5. The van der Waals surface area contributed by atoms with Gasteiger partial charge in [0.25, 0.3) is 0 Å². The SMILES string of the molecule is CC(C)(C)OC(=O)N(CC1CN(c2ccc(-c3cccnc3)c(F)c2)C(=O)O1)c1ccon1. The summed E-state index contributed by atoms with van der Waals surface area (Å²) >= 11 is 0. The summed E-state index contributed by atoms with van der Waals surface area (Å²) in [6.07, 6.45) is 2.51. The van der Waals surface area contributed by atoms with E-state index in [0.717, 1.165) is 0 Å². The lowest BCUT2D eigenvalue weighted by atomic mass is 10.1. The van der Waals surface area contributed by atoms with Crippen LogP contribution in [0.3, 0.4) is 0 Å². The van der Waals surface area contributed by atoms with Crippen molar-refractivity contribution in [3.8, 4) is 11.1 Å². The van der Waals surface area contributed by atoms with E-state index in [0.29, 0.717) is 16.8 Å². The van der Waals surface area contributed by atoms with Crippen molar-refractivity contribution in [2.45, 2.75) is 32.5 Å². The predicted molar refractivity (Wildman–Crippen MR) is 117 cm³/mol. The Hall–Kier alpha value is -3.95. The van der Waals surface area contributed by atoms with E-state index in [-0.39, 0.29) is 18.9 Å². The summed E-state index contributed by atoms with van der Waals surface area (Å²) in [5, 5.41) is 3.80. The molecule has 0 radical (unpaired) electrons. The van der Waals surface area contributed by atoms with Gasteiger partial charge in [0.2, 0.25) is 0 Å². The molecule has 3 aromatic rings. The zero-order chi connectivity index (χ0) is 23.6.